The number of rotatable bonds is 5. The molecule has 1 aromatic rings. The fraction of sp³-hybridized carbons (Fsp3) is 0.429. The maximum atomic E-state index is 13.6. The predicted octanol–water partition coefficient (Wildman–Crippen LogP) is 0.767. The normalized spacial score (nSPS) is 13.4. The van der Waals surface area contributed by atoms with E-state index in [1.807, 2.05) is 0 Å². The minimum atomic E-state index is -1.69. The molecule has 0 aliphatic rings. The molecule has 0 aromatic heterocycles. The summed E-state index contributed by atoms with van der Waals surface area (Å²) in [7, 11) is 1.46. The standard InChI is InChI=1S/C14H18F2N2O3/c1-9(19)18(3)7-13(20)17-8-14(2,21)11-5-4-10(15)6-12(11)16/h4-6,21H,7-8H2,1-3H3,(H,17,20). The van der Waals surface area contributed by atoms with Gasteiger partial charge in [0.15, 0.2) is 0 Å². The van der Waals surface area contributed by atoms with E-state index in [0.717, 1.165) is 12.1 Å². The molecule has 0 radical (unpaired) electrons. The molecule has 7 heteroatoms. The Kier molecular flexibility index (Phi) is 5.37. The fourth-order valence-corrected chi connectivity index (χ4v) is 1.67. The smallest absolute Gasteiger partial charge is 0.239 e. The molecule has 0 saturated heterocycles. The average molecular weight is 300 g/mol. The number of carbonyl (C=O) groups excluding carboxylic acids is 2. The molecule has 1 rings (SSSR count). The number of aliphatic hydroxyl groups is 1. The fourth-order valence-electron chi connectivity index (χ4n) is 1.67. The van der Waals surface area contributed by atoms with E-state index in [1.54, 1.807) is 0 Å². The monoisotopic (exact) mass is 300 g/mol. The molecule has 1 aromatic carbocycles. The summed E-state index contributed by atoms with van der Waals surface area (Å²) in [6.07, 6.45) is 0. The summed E-state index contributed by atoms with van der Waals surface area (Å²) >= 11 is 0. The Bertz CT molecular complexity index is 547. The highest BCUT2D eigenvalue weighted by molar-refractivity contribution is 5.83. The Morgan fingerprint density at radius 2 is 2.00 bits per heavy atom. The van der Waals surface area contributed by atoms with Crippen LogP contribution in [0, 0.1) is 11.6 Å². The molecule has 0 fully saturated rings. The van der Waals surface area contributed by atoms with Crippen LogP contribution < -0.4 is 5.32 Å². The van der Waals surface area contributed by atoms with Crippen LogP contribution >= 0.6 is 0 Å². The second kappa shape index (κ2) is 6.62. The summed E-state index contributed by atoms with van der Waals surface area (Å²) in [6, 6.07) is 2.81. The Morgan fingerprint density at radius 1 is 1.38 bits per heavy atom. The topological polar surface area (TPSA) is 69.6 Å². The van der Waals surface area contributed by atoms with Crippen molar-refractivity contribution in [3.8, 4) is 0 Å². The molecule has 0 aliphatic carbocycles. The molecule has 0 bridgehead atoms. The molecule has 0 spiro atoms. The largest absolute Gasteiger partial charge is 0.383 e. The van der Waals surface area contributed by atoms with Gasteiger partial charge in [-0.25, -0.2) is 8.78 Å². The van der Waals surface area contributed by atoms with Crippen molar-refractivity contribution >= 4 is 11.8 Å². The molecule has 0 saturated carbocycles. The molecule has 1 atom stereocenters. The van der Waals surface area contributed by atoms with Gasteiger partial charge >= 0.3 is 0 Å². The first-order valence-electron chi connectivity index (χ1n) is 6.30. The lowest BCUT2D eigenvalue weighted by Gasteiger charge is -2.25. The van der Waals surface area contributed by atoms with Crippen LogP contribution in [0.25, 0.3) is 0 Å². The second-order valence-corrected chi connectivity index (χ2v) is 5.05. The van der Waals surface area contributed by atoms with Crippen LogP contribution in [0.4, 0.5) is 8.78 Å². The van der Waals surface area contributed by atoms with Gasteiger partial charge < -0.3 is 15.3 Å². The molecule has 21 heavy (non-hydrogen) atoms. The molecule has 5 nitrogen and oxygen atoms in total. The Morgan fingerprint density at radius 3 is 2.52 bits per heavy atom. The van der Waals surface area contributed by atoms with E-state index in [0.29, 0.717) is 6.07 Å². The number of amides is 2. The zero-order valence-electron chi connectivity index (χ0n) is 12.1. The van der Waals surface area contributed by atoms with E-state index in [-0.39, 0.29) is 24.6 Å². The zero-order chi connectivity index (χ0) is 16.2. The minimum Gasteiger partial charge on any atom is -0.383 e. The summed E-state index contributed by atoms with van der Waals surface area (Å²) in [5.74, 6) is -2.41. The Hall–Kier alpha value is -2.02. The quantitative estimate of drug-likeness (QED) is 0.844. The lowest BCUT2D eigenvalue weighted by Crippen LogP contribution is -2.43. The van der Waals surface area contributed by atoms with E-state index in [2.05, 4.69) is 5.32 Å². The summed E-state index contributed by atoms with van der Waals surface area (Å²) in [6.45, 7) is 2.19. The van der Waals surface area contributed by atoms with Gasteiger partial charge in [-0.3, -0.25) is 9.59 Å². The van der Waals surface area contributed by atoms with Crippen molar-refractivity contribution in [2.24, 2.45) is 0 Å². The van der Waals surface area contributed by atoms with Crippen LogP contribution in [-0.4, -0.2) is 42.0 Å². The van der Waals surface area contributed by atoms with Crippen molar-refractivity contribution in [3.63, 3.8) is 0 Å². The summed E-state index contributed by atoms with van der Waals surface area (Å²) < 4.78 is 26.5. The van der Waals surface area contributed by atoms with E-state index in [4.69, 9.17) is 0 Å². The van der Waals surface area contributed by atoms with Gasteiger partial charge in [0.1, 0.15) is 17.2 Å². The van der Waals surface area contributed by atoms with Gasteiger partial charge in [-0.1, -0.05) is 6.07 Å². The first kappa shape index (κ1) is 17.0. The lowest BCUT2D eigenvalue weighted by molar-refractivity contribution is -0.133. The summed E-state index contributed by atoms with van der Waals surface area (Å²) in [5.41, 5.74) is -1.81. The molecule has 1 unspecified atom stereocenters. The van der Waals surface area contributed by atoms with E-state index in [9.17, 15) is 23.5 Å². The van der Waals surface area contributed by atoms with Crippen LogP contribution in [-0.2, 0) is 15.2 Å². The number of benzene rings is 1. The minimum absolute atomic E-state index is 0.121. The van der Waals surface area contributed by atoms with Gasteiger partial charge in [0.05, 0.1) is 13.1 Å². The van der Waals surface area contributed by atoms with Crippen molar-refractivity contribution in [1.29, 1.82) is 0 Å². The number of hydrogen-bond acceptors (Lipinski definition) is 3. The van der Waals surface area contributed by atoms with Crippen molar-refractivity contribution < 1.29 is 23.5 Å². The van der Waals surface area contributed by atoms with Crippen LogP contribution in [0.3, 0.4) is 0 Å². The van der Waals surface area contributed by atoms with Gasteiger partial charge in [-0.05, 0) is 13.0 Å². The molecular formula is C14H18F2N2O3. The van der Waals surface area contributed by atoms with E-state index < -0.39 is 23.1 Å². The van der Waals surface area contributed by atoms with Crippen LogP contribution in [0.15, 0.2) is 18.2 Å². The highest BCUT2D eigenvalue weighted by atomic mass is 19.1. The third kappa shape index (κ3) is 4.78. The molecule has 116 valence electrons. The van der Waals surface area contributed by atoms with E-state index in [1.165, 1.54) is 25.8 Å². The molecule has 2 amide bonds. The van der Waals surface area contributed by atoms with E-state index >= 15 is 0 Å². The number of nitrogens with one attached hydrogen (secondary N) is 1. The predicted molar refractivity (Wildman–Crippen MR) is 72.2 cm³/mol. The average Bonchev–Trinajstić information content (AvgIpc) is 2.35. The van der Waals surface area contributed by atoms with Crippen LogP contribution in [0.1, 0.15) is 19.4 Å². The second-order valence-electron chi connectivity index (χ2n) is 5.05. The van der Waals surface area contributed by atoms with Crippen molar-refractivity contribution in [1.82, 2.24) is 10.2 Å². The van der Waals surface area contributed by atoms with Gasteiger partial charge in [0, 0.05) is 25.6 Å². The van der Waals surface area contributed by atoms with Crippen LogP contribution in [0.2, 0.25) is 0 Å². The molecule has 0 aliphatic heterocycles. The molecule has 2 N–H and O–H groups in total. The number of halogens is 2. The third-order valence-corrected chi connectivity index (χ3v) is 3.06. The van der Waals surface area contributed by atoms with Gasteiger partial charge in [-0.15, -0.1) is 0 Å². The molecular weight excluding hydrogens is 282 g/mol. The Labute approximate surface area is 121 Å². The van der Waals surface area contributed by atoms with Crippen molar-refractivity contribution in [2.75, 3.05) is 20.1 Å². The van der Waals surface area contributed by atoms with Crippen molar-refractivity contribution in [3.05, 3.63) is 35.4 Å². The maximum Gasteiger partial charge on any atom is 0.239 e. The summed E-state index contributed by atoms with van der Waals surface area (Å²) in [4.78, 5) is 23.8. The Balaban J connectivity index is 2.68. The van der Waals surface area contributed by atoms with Gasteiger partial charge in [0.25, 0.3) is 0 Å². The zero-order valence-corrected chi connectivity index (χ0v) is 12.1. The lowest BCUT2D eigenvalue weighted by atomic mass is 9.95. The third-order valence-electron chi connectivity index (χ3n) is 3.06. The summed E-state index contributed by atoms with van der Waals surface area (Å²) in [5, 5.41) is 12.6. The van der Waals surface area contributed by atoms with Crippen LogP contribution in [0.5, 0.6) is 0 Å². The number of likely N-dealkylation sites (N-methyl/N-ethyl adjacent to an activating group) is 1. The number of hydrogen-bond donors (Lipinski definition) is 2. The highest BCUT2D eigenvalue weighted by Crippen LogP contribution is 2.23. The maximum absolute atomic E-state index is 13.6. The van der Waals surface area contributed by atoms with Crippen molar-refractivity contribution in [2.45, 2.75) is 19.4 Å². The number of carbonyl (C=O) groups is 2. The molecule has 0 heterocycles. The highest BCUT2D eigenvalue weighted by Gasteiger charge is 2.27. The first-order valence-corrected chi connectivity index (χ1v) is 6.30. The van der Waals surface area contributed by atoms with Gasteiger partial charge in [-0.2, -0.15) is 0 Å². The SMILES string of the molecule is CC(=O)N(C)CC(=O)NCC(C)(O)c1ccc(F)cc1F. The number of nitrogens with zero attached hydrogens (tertiary/aromatic N) is 1. The first-order chi connectivity index (χ1) is 9.63. The van der Waals surface area contributed by atoms with Gasteiger partial charge in [0.2, 0.25) is 11.8 Å².